The van der Waals surface area contributed by atoms with E-state index in [9.17, 15) is 0 Å². The lowest BCUT2D eigenvalue weighted by atomic mass is 10.2. The summed E-state index contributed by atoms with van der Waals surface area (Å²) in [6.45, 7) is 0. The molecule has 0 amide bonds. The number of nitrogen functional groups attached to an aromatic ring is 1. The molecular weight excluding hydrogens is 355 g/mol. The molecule has 0 radical (unpaired) electrons. The minimum absolute atomic E-state index is 0.432. The summed E-state index contributed by atoms with van der Waals surface area (Å²) in [5, 5.41) is 14.1. The molecular formula is C14H16Cl2N6S. The van der Waals surface area contributed by atoms with E-state index < -0.39 is 0 Å². The molecule has 6 nitrogen and oxygen atoms in total. The molecule has 0 spiro atoms. The summed E-state index contributed by atoms with van der Waals surface area (Å²) in [4.78, 5) is 0. The zero-order valence-corrected chi connectivity index (χ0v) is 14.6. The highest BCUT2D eigenvalue weighted by Gasteiger charge is 2.12. The van der Waals surface area contributed by atoms with Crippen LogP contribution >= 0.6 is 35.0 Å². The number of hydrogen-bond donors (Lipinski definition) is 2. The Balaban J connectivity index is 1.62. The Morgan fingerprint density at radius 3 is 2.74 bits per heavy atom. The number of nitrogens with zero attached hydrogens (tertiary/aromatic N) is 4. The van der Waals surface area contributed by atoms with Crippen LogP contribution in [-0.4, -0.2) is 20.6 Å². The number of halogens is 2. The van der Waals surface area contributed by atoms with Gasteiger partial charge in [0.15, 0.2) is 0 Å². The standard InChI is InChI=1S/C14H16Cl2N6S/c15-11-6-5-9(7-12(11)16)8-23-14-21-20-13(22(14)17)19-18-10-3-1-2-4-10/h5-7H,1-4,8,17H2,(H,19,20). The van der Waals surface area contributed by atoms with Crippen molar-refractivity contribution in [3.05, 3.63) is 33.8 Å². The zero-order valence-electron chi connectivity index (χ0n) is 12.3. The maximum absolute atomic E-state index is 6.01. The van der Waals surface area contributed by atoms with E-state index in [1.165, 1.54) is 29.3 Å². The van der Waals surface area contributed by atoms with Crippen LogP contribution in [-0.2, 0) is 5.75 Å². The number of hydrazone groups is 1. The predicted molar refractivity (Wildman–Crippen MR) is 95.7 cm³/mol. The van der Waals surface area contributed by atoms with Crippen molar-refractivity contribution in [2.24, 2.45) is 5.10 Å². The van der Waals surface area contributed by atoms with Gasteiger partial charge in [-0.05, 0) is 43.4 Å². The fourth-order valence-electron chi connectivity index (χ4n) is 2.25. The fourth-order valence-corrected chi connectivity index (χ4v) is 3.37. The summed E-state index contributed by atoms with van der Waals surface area (Å²) in [5.41, 5.74) is 5.08. The minimum Gasteiger partial charge on any atom is -0.334 e. The van der Waals surface area contributed by atoms with Crippen LogP contribution in [0.5, 0.6) is 0 Å². The van der Waals surface area contributed by atoms with Gasteiger partial charge in [0, 0.05) is 11.5 Å². The van der Waals surface area contributed by atoms with Gasteiger partial charge in [0.1, 0.15) is 0 Å². The molecule has 23 heavy (non-hydrogen) atoms. The molecule has 1 heterocycles. The monoisotopic (exact) mass is 370 g/mol. The first kappa shape index (κ1) is 16.4. The molecule has 9 heteroatoms. The summed E-state index contributed by atoms with van der Waals surface area (Å²) in [7, 11) is 0. The van der Waals surface area contributed by atoms with Crippen LogP contribution in [0, 0.1) is 0 Å². The fraction of sp³-hybridized carbons (Fsp3) is 0.357. The highest BCUT2D eigenvalue weighted by molar-refractivity contribution is 7.98. The van der Waals surface area contributed by atoms with Crippen molar-refractivity contribution in [2.75, 3.05) is 11.3 Å². The SMILES string of the molecule is Nn1c(NN=C2CCCC2)nnc1SCc1ccc(Cl)c(Cl)c1. The Labute approximate surface area is 148 Å². The first-order valence-electron chi connectivity index (χ1n) is 7.22. The molecule has 1 fully saturated rings. The first-order valence-corrected chi connectivity index (χ1v) is 8.96. The van der Waals surface area contributed by atoms with Gasteiger partial charge in [0.05, 0.1) is 10.0 Å². The minimum atomic E-state index is 0.432. The number of nitrogens with two attached hydrogens (primary N) is 1. The third kappa shape index (κ3) is 4.10. The van der Waals surface area contributed by atoms with Crippen molar-refractivity contribution in [2.45, 2.75) is 36.6 Å². The number of hydrogen-bond acceptors (Lipinski definition) is 6. The Hall–Kier alpha value is -1.44. The topological polar surface area (TPSA) is 81.1 Å². The second-order valence-electron chi connectivity index (χ2n) is 5.21. The average molecular weight is 371 g/mol. The van der Waals surface area contributed by atoms with E-state index in [1.807, 2.05) is 12.1 Å². The van der Waals surface area contributed by atoms with Gasteiger partial charge >= 0.3 is 0 Å². The Morgan fingerprint density at radius 1 is 1.22 bits per heavy atom. The number of anilines is 1. The molecule has 0 aliphatic heterocycles. The molecule has 122 valence electrons. The highest BCUT2D eigenvalue weighted by atomic mass is 35.5. The first-order chi connectivity index (χ1) is 11.1. The van der Waals surface area contributed by atoms with Gasteiger partial charge in [0.2, 0.25) is 5.16 Å². The largest absolute Gasteiger partial charge is 0.334 e. The van der Waals surface area contributed by atoms with Gasteiger partial charge in [0.25, 0.3) is 5.95 Å². The van der Waals surface area contributed by atoms with Crippen molar-refractivity contribution < 1.29 is 0 Å². The van der Waals surface area contributed by atoms with Crippen LogP contribution in [0.2, 0.25) is 10.0 Å². The summed E-state index contributed by atoms with van der Waals surface area (Å²) in [6, 6.07) is 5.53. The summed E-state index contributed by atoms with van der Waals surface area (Å²) in [5.74, 6) is 7.10. The number of benzene rings is 1. The van der Waals surface area contributed by atoms with Crippen molar-refractivity contribution in [1.29, 1.82) is 0 Å². The molecule has 0 unspecified atom stereocenters. The molecule has 1 aromatic heterocycles. The molecule has 1 aliphatic carbocycles. The zero-order chi connectivity index (χ0) is 16.2. The Bertz CT molecular complexity index is 722. The number of thioether (sulfide) groups is 1. The van der Waals surface area contributed by atoms with Gasteiger partial charge in [-0.1, -0.05) is 41.0 Å². The number of nitrogens with one attached hydrogen (secondary N) is 1. The van der Waals surface area contributed by atoms with E-state index >= 15 is 0 Å². The molecule has 1 aliphatic rings. The molecule has 1 saturated carbocycles. The summed E-state index contributed by atoms with van der Waals surface area (Å²) >= 11 is 13.4. The van der Waals surface area contributed by atoms with Crippen LogP contribution in [0.1, 0.15) is 31.2 Å². The lowest BCUT2D eigenvalue weighted by Crippen LogP contribution is -2.13. The van der Waals surface area contributed by atoms with Gasteiger partial charge in [-0.3, -0.25) is 0 Å². The summed E-state index contributed by atoms with van der Waals surface area (Å²) in [6.07, 6.45) is 4.45. The van der Waals surface area contributed by atoms with E-state index in [0.717, 1.165) is 24.1 Å². The van der Waals surface area contributed by atoms with Gasteiger partial charge < -0.3 is 5.84 Å². The van der Waals surface area contributed by atoms with Crippen LogP contribution in [0.15, 0.2) is 28.5 Å². The second kappa shape index (κ2) is 7.42. The smallest absolute Gasteiger partial charge is 0.264 e. The second-order valence-corrected chi connectivity index (χ2v) is 6.97. The molecule has 0 atom stereocenters. The lowest BCUT2D eigenvalue weighted by molar-refractivity contribution is 0.846. The van der Waals surface area contributed by atoms with Gasteiger partial charge in [-0.15, -0.1) is 10.2 Å². The third-order valence-corrected chi connectivity index (χ3v) is 5.26. The molecule has 0 saturated heterocycles. The highest BCUT2D eigenvalue weighted by Crippen LogP contribution is 2.27. The van der Waals surface area contributed by atoms with E-state index in [2.05, 4.69) is 20.7 Å². The molecule has 1 aromatic carbocycles. The van der Waals surface area contributed by atoms with E-state index in [1.54, 1.807) is 6.07 Å². The van der Waals surface area contributed by atoms with Crippen LogP contribution < -0.4 is 11.3 Å². The molecule has 3 rings (SSSR count). The maximum Gasteiger partial charge on any atom is 0.264 e. The number of aromatic nitrogens is 3. The lowest BCUT2D eigenvalue weighted by Gasteiger charge is -2.04. The van der Waals surface area contributed by atoms with Crippen LogP contribution in [0.25, 0.3) is 0 Å². The van der Waals surface area contributed by atoms with Crippen molar-refractivity contribution in [3.8, 4) is 0 Å². The third-order valence-electron chi connectivity index (χ3n) is 3.51. The molecule has 0 bridgehead atoms. The van der Waals surface area contributed by atoms with E-state index in [4.69, 9.17) is 29.0 Å². The summed E-state index contributed by atoms with van der Waals surface area (Å²) < 4.78 is 1.40. The van der Waals surface area contributed by atoms with E-state index in [0.29, 0.717) is 26.9 Å². The average Bonchev–Trinajstić information content (AvgIpc) is 3.17. The predicted octanol–water partition coefficient (Wildman–Crippen LogP) is 3.93. The van der Waals surface area contributed by atoms with Crippen molar-refractivity contribution in [1.82, 2.24) is 14.9 Å². The van der Waals surface area contributed by atoms with Gasteiger partial charge in [-0.25, -0.2) is 10.1 Å². The maximum atomic E-state index is 6.01. The van der Waals surface area contributed by atoms with Crippen molar-refractivity contribution >= 4 is 46.6 Å². The van der Waals surface area contributed by atoms with Crippen LogP contribution in [0.3, 0.4) is 0 Å². The molecule has 2 aromatic rings. The quantitative estimate of drug-likeness (QED) is 0.473. The van der Waals surface area contributed by atoms with Crippen molar-refractivity contribution in [3.63, 3.8) is 0 Å². The Kier molecular flexibility index (Phi) is 5.30. The Morgan fingerprint density at radius 2 is 2.00 bits per heavy atom. The van der Waals surface area contributed by atoms with Gasteiger partial charge in [-0.2, -0.15) is 5.10 Å². The number of rotatable bonds is 5. The molecule has 3 N–H and O–H groups in total. The normalized spacial score (nSPS) is 14.3. The van der Waals surface area contributed by atoms with Crippen LogP contribution in [0.4, 0.5) is 5.95 Å². The van der Waals surface area contributed by atoms with E-state index in [-0.39, 0.29) is 0 Å².